The molecule has 2 N–H and O–H groups in total. The van der Waals surface area contributed by atoms with E-state index in [9.17, 15) is 0 Å². The second-order valence-corrected chi connectivity index (χ2v) is 8.77. The van der Waals surface area contributed by atoms with E-state index in [1.54, 1.807) is 0 Å². The van der Waals surface area contributed by atoms with Crippen molar-refractivity contribution in [1.82, 2.24) is 15.5 Å². The van der Waals surface area contributed by atoms with Crippen LogP contribution in [0.4, 0.5) is 0 Å². The molecule has 1 atom stereocenters. The molecule has 1 fully saturated rings. The van der Waals surface area contributed by atoms with Gasteiger partial charge in [-0.15, -0.1) is 0 Å². The summed E-state index contributed by atoms with van der Waals surface area (Å²) in [5.41, 5.74) is 0. The molecule has 0 aliphatic carbocycles. The van der Waals surface area contributed by atoms with Gasteiger partial charge < -0.3 is 10.6 Å². The molecule has 0 amide bonds. The van der Waals surface area contributed by atoms with Gasteiger partial charge in [-0.25, -0.2) is 0 Å². The number of nitrogens with one attached hydrogen (secondary N) is 2. The summed E-state index contributed by atoms with van der Waals surface area (Å²) < 4.78 is 0. The van der Waals surface area contributed by atoms with Gasteiger partial charge in [0.25, 0.3) is 0 Å². The van der Waals surface area contributed by atoms with Gasteiger partial charge in [-0.05, 0) is 25.3 Å². The quantitative estimate of drug-likeness (QED) is 0.285. The van der Waals surface area contributed by atoms with Crippen molar-refractivity contribution in [3.05, 3.63) is 0 Å². The highest BCUT2D eigenvalue weighted by molar-refractivity contribution is 4.69. The van der Waals surface area contributed by atoms with Gasteiger partial charge in [0.1, 0.15) is 0 Å². The van der Waals surface area contributed by atoms with Crippen LogP contribution in [0.1, 0.15) is 104 Å². The highest BCUT2D eigenvalue weighted by Crippen LogP contribution is 2.18. The zero-order chi connectivity index (χ0) is 19.4. The van der Waals surface area contributed by atoms with Crippen LogP contribution < -0.4 is 10.6 Å². The van der Waals surface area contributed by atoms with E-state index in [0.29, 0.717) is 0 Å². The lowest BCUT2D eigenvalue weighted by Crippen LogP contribution is -2.46. The molecule has 0 aromatic carbocycles. The fraction of sp³-hybridized carbons (Fsp3) is 1.00. The van der Waals surface area contributed by atoms with Crippen LogP contribution in [0.15, 0.2) is 0 Å². The molecule has 0 radical (unpaired) electrons. The molecule has 1 rings (SSSR count). The molecule has 1 saturated heterocycles. The van der Waals surface area contributed by atoms with E-state index < -0.39 is 0 Å². The van der Waals surface area contributed by atoms with Gasteiger partial charge >= 0.3 is 0 Å². The van der Waals surface area contributed by atoms with Crippen molar-refractivity contribution in [1.29, 1.82) is 0 Å². The Balaban J connectivity index is 2.10. The van der Waals surface area contributed by atoms with Crippen LogP contribution >= 0.6 is 0 Å². The number of piperazine rings is 1. The fourth-order valence-corrected chi connectivity index (χ4v) is 4.25. The van der Waals surface area contributed by atoms with Crippen molar-refractivity contribution < 1.29 is 0 Å². The SMILES string of the molecule is CCCCCCCCCC(CCCCCCC)CNCCN1CCNCC1. The molecule has 27 heavy (non-hydrogen) atoms. The van der Waals surface area contributed by atoms with E-state index in [4.69, 9.17) is 0 Å². The minimum absolute atomic E-state index is 0.908. The summed E-state index contributed by atoms with van der Waals surface area (Å²) in [6, 6.07) is 0. The molecule has 1 aliphatic rings. The highest BCUT2D eigenvalue weighted by Gasteiger charge is 2.11. The van der Waals surface area contributed by atoms with Crippen LogP contribution in [0.2, 0.25) is 0 Å². The molecule has 1 aliphatic heterocycles. The van der Waals surface area contributed by atoms with Gasteiger partial charge in [0.15, 0.2) is 0 Å². The predicted octanol–water partition coefficient (Wildman–Crippen LogP) is 5.60. The lowest BCUT2D eigenvalue weighted by molar-refractivity contribution is 0.238. The van der Waals surface area contributed by atoms with Crippen LogP contribution in [0.3, 0.4) is 0 Å². The van der Waals surface area contributed by atoms with Crippen molar-refractivity contribution in [3.8, 4) is 0 Å². The van der Waals surface area contributed by atoms with Crippen LogP contribution in [0.25, 0.3) is 0 Å². The highest BCUT2D eigenvalue weighted by atomic mass is 15.2. The monoisotopic (exact) mass is 381 g/mol. The molecule has 1 unspecified atom stereocenters. The minimum atomic E-state index is 0.908. The summed E-state index contributed by atoms with van der Waals surface area (Å²) in [6.07, 6.45) is 20.1. The minimum Gasteiger partial charge on any atom is -0.315 e. The Morgan fingerprint density at radius 3 is 1.81 bits per heavy atom. The van der Waals surface area contributed by atoms with Gasteiger partial charge in [-0.2, -0.15) is 0 Å². The first kappa shape index (κ1) is 24.9. The number of nitrogens with zero attached hydrogens (tertiary/aromatic N) is 1. The maximum atomic E-state index is 3.79. The van der Waals surface area contributed by atoms with Crippen LogP contribution in [-0.4, -0.2) is 50.7 Å². The second kappa shape index (κ2) is 19.2. The van der Waals surface area contributed by atoms with E-state index in [1.165, 1.54) is 136 Å². The molecule has 0 bridgehead atoms. The first-order chi connectivity index (χ1) is 13.4. The molecule has 0 aromatic rings. The molecule has 162 valence electrons. The molecular weight excluding hydrogens is 330 g/mol. The van der Waals surface area contributed by atoms with Crippen LogP contribution in [0.5, 0.6) is 0 Å². The molecule has 3 heteroatoms. The second-order valence-electron chi connectivity index (χ2n) is 8.77. The average Bonchev–Trinajstić information content (AvgIpc) is 2.70. The zero-order valence-electron chi connectivity index (χ0n) is 18.9. The lowest BCUT2D eigenvalue weighted by atomic mass is 9.94. The van der Waals surface area contributed by atoms with Crippen LogP contribution in [0, 0.1) is 5.92 Å². The third kappa shape index (κ3) is 15.5. The van der Waals surface area contributed by atoms with E-state index in [1.807, 2.05) is 0 Å². The first-order valence-electron chi connectivity index (χ1n) is 12.5. The Morgan fingerprint density at radius 2 is 1.26 bits per heavy atom. The molecular formula is C24H51N3. The molecule has 0 spiro atoms. The van der Waals surface area contributed by atoms with Gasteiger partial charge in [0, 0.05) is 39.3 Å². The van der Waals surface area contributed by atoms with Crippen molar-refractivity contribution in [3.63, 3.8) is 0 Å². The van der Waals surface area contributed by atoms with E-state index in [2.05, 4.69) is 29.4 Å². The number of rotatable bonds is 19. The summed E-state index contributed by atoms with van der Waals surface area (Å²) in [4.78, 5) is 2.60. The largest absolute Gasteiger partial charge is 0.315 e. The summed E-state index contributed by atoms with van der Waals surface area (Å²) in [5.74, 6) is 0.908. The van der Waals surface area contributed by atoms with Crippen molar-refractivity contribution in [2.24, 2.45) is 5.92 Å². The maximum absolute atomic E-state index is 3.79. The molecule has 1 heterocycles. The third-order valence-corrected chi connectivity index (χ3v) is 6.18. The fourth-order valence-electron chi connectivity index (χ4n) is 4.25. The normalized spacial score (nSPS) is 16.7. The van der Waals surface area contributed by atoms with Crippen molar-refractivity contribution in [2.75, 3.05) is 45.8 Å². The van der Waals surface area contributed by atoms with Gasteiger partial charge in [0.2, 0.25) is 0 Å². The van der Waals surface area contributed by atoms with Crippen molar-refractivity contribution in [2.45, 2.75) is 104 Å². The predicted molar refractivity (Wildman–Crippen MR) is 122 cm³/mol. The Hall–Kier alpha value is -0.120. The molecule has 3 nitrogen and oxygen atoms in total. The third-order valence-electron chi connectivity index (χ3n) is 6.18. The molecule has 0 aromatic heterocycles. The number of unbranched alkanes of at least 4 members (excludes halogenated alkanes) is 10. The summed E-state index contributed by atoms with van der Waals surface area (Å²) in [6.45, 7) is 13.0. The van der Waals surface area contributed by atoms with Gasteiger partial charge in [-0.1, -0.05) is 90.9 Å². The Kier molecular flexibility index (Phi) is 17.7. The number of hydrogen-bond acceptors (Lipinski definition) is 3. The van der Waals surface area contributed by atoms with E-state index >= 15 is 0 Å². The smallest absolute Gasteiger partial charge is 0.0108 e. The summed E-state index contributed by atoms with van der Waals surface area (Å²) >= 11 is 0. The first-order valence-corrected chi connectivity index (χ1v) is 12.5. The maximum Gasteiger partial charge on any atom is 0.0108 e. The topological polar surface area (TPSA) is 27.3 Å². The van der Waals surface area contributed by atoms with Crippen LogP contribution in [-0.2, 0) is 0 Å². The number of hydrogen-bond donors (Lipinski definition) is 2. The molecule has 0 saturated carbocycles. The Labute approximate surface area is 171 Å². The summed E-state index contributed by atoms with van der Waals surface area (Å²) in [7, 11) is 0. The van der Waals surface area contributed by atoms with E-state index in [0.717, 1.165) is 5.92 Å². The van der Waals surface area contributed by atoms with Gasteiger partial charge in [0.05, 0.1) is 0 Å². The Bertz CT molecular complexity index is 289. The zero-order valence-corrected chi connectivity index (χ0v) is 18.9. The summed E-state index contributed by atoms with van der Waals surface area (Å²) in [5, 5.41) is 7.24. The average molecular weight is 382 g/mol. The Morgan fingerprint density at radius 1 is 0.741 bits per heavy atom. The van der Waals surface area contributed by atoms with Crippen molar-refractivity contribution >= 4 is 0 Å². The standard InChI is InChI=1S/C24H51N3/c1-3-5-7-9-10-12-14-16-24(15-13-11-8-6-4-2)23-26-19-22-27-20-17-25-18-21-27/h24-26H,3-23H2,1-2H3. The lowest BCUT2D eigenvalue weighted by Gasteiger charge is -2.27. The van der Waals surface area contributed by atoms with E-state index in [-0.39, 0.29) is 0 Å². The van der Waals surface area contributed by atoms with Gasteiger partial charge in [-0.3, -0.25) is 4.90 Å².